The number of carboxylic acid groups (broad SMARTS) is 1. The molecule has 108 valence electrons. The molecule has 0 bridgehead atoms. The fourth-order valence-electron chi connectivity index (χ4n) is 1.26. The Balaban J connectivity index is 2.50. The van der Waals surface area contributed by atoms with Crippen LogP contribution in [0.15, 0.2) is 24.3 Å². The molecule has 0 fully saturated rings. The number of carbonyl (C=O) groups excluding carboxylic acids is 2. The Morgan fingerprint density at radius 3 is 2.65 bits per heavy atom. The number of nitrogens with two attached hydrogens (primary N) is 1. The molecule has 0 atom stereocenters. The highest BCUT2D eigenvalue weighted by Gasteiger charge is 2.06. The zero-order valence-corrected chi connectivity index (χ0v) is 10.6. The second-order valence-corrected chi connectivity index (χ2v) is 3.74. The van der Waals surface area contributed by atoms with Crippen LogP contribution in [0.25, 0.3) is 0 Å². The fraction of sp³-hybridized carbons (Fsp3) is 0.250. The van der Waals surface area contributed by atoms with E-state index in [1.807, 2.05) is 0 Å². The van der Waals surface area contributed by atoms with Crippen LogP contribution >= 0.6 is 0 Å². The Bertz CT molecular complexity index is 504. The molecule has 0 aliphatic carbocycles. The SMILES string of the molecule is NCC(=O)NCC(=O)Nc1cccc(OCC(=O)O)c1. The minimum Gasteiger partial charge on any atom is -0.482 e. The van der Waals surface area contributed by atoms with Crippen molar-refractivity contribution in [2.75, 3.05) is 25.0 Å². The maximum Gasteiger partial charge on any atom is 0.341 e. The molecule has 2 amide bonds. The highest BCUT2D eigenvalue weighted by molar-refractivity contribution is 5.94. The Kier molecular flexibility index (Phi) is 5.98. The first-order chi connectivity index (χ1) is 9.51. The van der Waals surface area contributed by atoms with Crippen LogP contribution in [0.4, 0.5) is 5.69 Å². The number of rotatable bonds is 7. The number of hydrogen-bond donors (Lipinski definition) is 4. The van der Waals surface area contributed by atoms with E-state index in [1.165, 1.54) is 6.07 Å². The molecule has 8 nitrogen and oxygen atoms in total. The van der Waals surface area contributed by atoms with Gasteiger partial charge in [0, 0.05) is 11.8 Å². The predicted octanol–water partition coefficient (Wildman–Crippen LogP) is -0.837. The van der Waals surface area contributed by atoms with Gasteiger partial charge in [0.15, 0.2) is 6.61 Å². The van der Waals surface area contributed by atoms with E-state index in [2.05, 4.69) is 10.6 Å². The van der Waals surface area contributed by atoms with E-state index in [1.54, 1.807) is 18.2 Å². The molecule has 0 saturated heterocycles. The van der Waals surface area contributed by atoms with Crippen LogP contribution in [0.5, 0.6) is 5.75 Å². The van der Waals surface area contributed by atoms with Gasteiger partial charge < -0.3 is 26.2 Å². The lowest BCUT2D eigenvalue weighted by Crippen LogP contribution is -2.36. The van der Waals surface area contributed by atoms with Gasteiger partial charge in [-0.25, -0.2) is 4.79 Å². The summed E-state index contributed by atoms with van der Waals surface area (Å²) in [6.45, 7) is -0.855. The highest BCUT2D eigenvalue weighted by Crippen LogP contribution is 2.17. The highest BCUT2D eigenvalue weighted by atomic mass is 16.5. The molecule has 1 aromatic rings. The molecule has 1 rings (SSSR count). The van der Waals surface area contributed by atoms with Crippen molar-refractivity contribution in [2.24, 2.45) is 5.73 Å². The predicted molar refractivity (Wildman–Crippen MR) is 70.3 cm³/mol. The average molecular weight is 281 g/mol. The second-order valence-electron chi connectivity index (χ2n) is 3.74. The van der Waals surface area contributed by atoms with Crippen LogP contribution in [0.3, 0.4) is 0 Å². The van der Waals surface area contributed by atoms with Crippen molar-refractivity contribution in [3.05, 3.63) is 24.3 Å². The first-order valence-electron chi connectivity index (χ1n) is 5.72. The van der Waals surface area contributed by atoms with Crippen LogP contribution in [0, 0.1) is 0 Å². The first-order valence-corrected chi connectivity index (χ1v) is 5.72. The Morgan fingerprint density at radius 1 is 1.25 bits per heavy atom. The zero-order valence-electron chi connectivity index (χ0n) is 10.6. The number of benzene rings is 1. The van der Waals surface area contributed by atoms with Crippen LogP contribution in [-0.4, -0.2) is 42.6 Å². The number of ether oxygens (including phenoxy) is 1. The second kappa shape index (κ2) is 7.74. The summed E-state index contributed by atoms with van der Waals surface area (Å²) in [5, 5.41) is 13.3. The van der Waals surface area contributed by atoms with Crippen molar-refractivity contribution in [2.45, 2.75) is 0 Å². The lowest BCUT2D eigenvalue weighted by molar-refractivity contribution is -0.139. The fourth-order valence-corrected chi connectivity index (χ4v) is 1.26. The van der Waals surface area contributed by atoms with Gasteiger partial charge in [-0.1, -0.05) is 6.07 Å². The molecular weight excluding hydrogens is 266 g/mol. The number of carboxylic acids is 1. The van der Waals surface area contributed by atoms with Crippen molar-refractivity contribution in [3.63, 3.8) is 0 Å². The normalized spacial score (nSPS) is 9.65. The van der Waals surface area contributed by atoms with Crippen LogP contribution in [-0.2, 0) is 14.4 Å². The molecule has 5 N–H and O–H groups in total. The van der Waals surface area contributed by atoms with Crippen molar-refractivity contribution < 1.29 is 24.2 Å². The summed E-state index contributed by atoms with van der Waals surface area (Å²) in [5.74, 6) is -1.64. The Labute approximate surface area is 114 Å². The van der Waals surface area contributed by atoms with Gasteiger partial charge in [0.1, 0.15) is 5.75 Å². The van der Waals surface area contributed by atoms with Gasteiger partial charge in [-0.3, -0.25) is 9.59 Å². The molecule has 1 aromatic carbocycles. The minimum absolute atomic E-state index is 0.189. The molecular formula is C12H15N3O5. The number of carbonyl (C=O) groups is 3. The van der Waals surface area contributed by atoms with Gasteiger partial charge in [0.2, 0.25) is 11.8 Å². The van der Waals surface area contributed by atoms with E-state index in [9.17, 15) is 14.4 Å². The van der Waals surface area contributed by atoms with Gasteiger partial charge in [-0.2, -0.15) is 0 Å². The van der Waals surface area contributed by atoms with Gasteiger partial charge in [0.05, 0.1) is 13.1 Å². The molecule has 0 aliphatic rings. The molecule has 8 heteroatoms. The molecule has 0 saturated carbocycles. The smallest absolute Gasteiger partial charge is 0.341 e. The third-order valence-electron chi connectivity index (χ3n) is 2.11. The first kappa shape index (κ1) is 15.4. The molecule has 0 unspecified atom stereocenters. The maximum absolute atomic E-state index is 11.5. The van der Waals surface area contributed by atoms with Gasteiger partial charge in [-0.05, 0) is 12.1 Å². The Morgan fingerprint density at radius 2 is 2.00 bits per heavy atom. The minimum atomic E-state index is -1.09. The van der Waals surface area contributed by atoms with E-state index in [0.29, 0.717) is 11.4 Å². The van der Waals surface area contributed by atoms with Gasteiger partial charge >= 0.3 is 5.97 Å². The molecule has 0 aromatic heterocycles. The third kappa shape index (κ3) is 5.83. The zero-order chi connectivity index (χ0) is 15.0. The molecule has 0 heterocycles. The number of amides is 2. The standard InChI is InChI=1S/C12H15N3O5/c13-5-10(16)14-6-11(17)15-8-2-1-3-9(4-8)20-7-12(18)19/h1-4H,5-7,13H2,(H,14,16)(H,15,17)(H,18,19). The topological polar surface area (TPSA) is 131 Å². The van der Waals surface area contributed by atoms with Crippen LogP contribution < -0.4 is 21.1 Å². The molecule has 0 aliphatic heterocycles. The number of hydrogen-bond acceptors (Lipinski definition) is 5. The van der Waals surface area contributed by atoms with Crippen molar-refractivity contribution in [3.8, 4) is 5.75 Å². The van der Waals surface area contributed by atoms with Crippen molar-refractivity contribution >= 4 is 23.5 Å². The summed E-state index contributed by atoms with van der Waals surface area (Å²) < 4.78 is 4.97. The lowest BCUT2D eigenvalue weighted by atomic mass is 10.3. The van der Waals surface area contributed by atoms with Gasteiger partial charge in [0.25, 0.3) is 0 Å². The van der Waals surface area contributed by atoms with E-state index < -0.39 is 24.4 Å². The summed E-state index contributed by atoms with van der Waals surface area (Å²) in [5.41, 5.74) is 5.51. The average Bonchev–Trinajstić information content (AvgIpc) is 2.43. The quantitative estimate of drug-likeness (QED) is 0.515. The van der Waals surface area contributed by atoms with Crippen LogP contribution in [0.1, 0.15) is 0 Å². The summed E-state index contributed by atoms with van der Waals surface area (Å²) in [4.78, 5) is 32.8. The molecule has 0 spiro atoms. The summed E-state index contributed by atoms with van der Waals surface area (Å²) in [7, 11) is 0. The molecule has 0 radical (unpaired) electrons. The number of anilines is 1. The largest absolute Gasteiger partial charge is 0.482 e. The van der Waals surface area contributed by atoms with Crippen LogP contribution in [0.2, 0.25) is 0 Å². The Hall–Kier alpha value is -2.61. The van der Waals surface area contributed by atoms with Crippen molar-refractivity contribution in [1.82, 2.24) is 5.32 Å². The summed E-state index contributed by atoms with van der Waals surface area (Å²) in [6, 6.07) is 6.25. The van der Waals surface area contributed by atoms with E-state index in [0.717, 1.165) is 0 Å². The summed E-state index contributed by atoms with van der Waals surface area (Å²) in [6.07, 6.45) is 0. The molecule has 20 heavy (non-hydrogen) atoms. The van der Waals surface area contributed by atoms with Crippen molar-refractivity contribution in [1.29, 1.82) is 0 Å². The maximum atomic E-state index is 11.5. The van der Waals surface area contributed by atoms with E-state index in [-0.39, 0.29) is 13.1 Å². The van der Waals surface area contributed by atoms with E-state index in [4.69, 9.17) is 15.6 Å². The number of nitrogens with one attached hydrogen (secondary N) is 2. The third-order valence-corrected chi connectivity index (χ3v) is 2.11. The monoisotopic (exact) mass is 281 g/mol. The van der Waals surface area contributed by atoms with Gasteiger partial charge in [-0.15, -0.1) is 0 Å². The van der Waals surface area contributed by atoms with E-state index >= 15 is 0 Å². The number of aliphatic carboxylic acids is 1. The summed E-state index contributed by atoms with van der Waals surface area (Å²) >= 11 is 0. The lowest BCUT2D eigenvalue weighted by Gasteiger charge is -2.08.